The van der Waals surface area contributed by atoms with Gasteiger partial charge in [-0.3, -0.25) is 4.98 Å². The number of benzene rings is 1. The highest BCUT2D eigenvalue weighted by Crippen LogP contribution is 2.44. The lowest BCUT2D eigenvalue weighted by atomic mass is 9.97. The predicted octanol–water partition coefficient (Wildman–Crippen LogP) is 3.15. The van der Waals surface area contributed by atoms with E-state index in [0.717, 1.165) is 29.3 Å². The molecule has 6 nitrogen and oxygen atoms in total. The molecule has 1 aliphatic carbocycles. The standard InChI is InChI=1S/C19H17FN6/c20-13-3-4-16-14(7-13)17(11-1-2-11)12(9-24-16)5-6-23-19-15(8-21)18(22)25-10-26-19/h3-4,7,9-11H,1-2,5-6H2,(H3,22,23,25,26). The Morgan fingerprint density at radius 2 is 2.12 bits per heavy atom. The summed E-state index contributed by atoms with van der Waals surface area (Å²) in [5, 5.41) is 13.2. The van der Waals surface area contributed by atoms with Crippen molar-refractivity contribution >= 4 is 22.5 Å². The first-order chi connectivity index (χ1) is 12.7. The van der Waals surface area contributed by atoms with Crippen molar-refractivity contribution in [3.05, 3.63) is 53.2 Å². The molecular weight excluding hydrogens is 331 g/mol. The van der Waals surface area contributed by atoms with Gasteiger partial charge in [-0.2, -0.15) is 5.26 Å². The van der Waals surface area contributed by atoms with Gasteiger partial charge < -0.3 is 11.1 Å². The minimum atomic E-state index is -0.244. The molecule has 7 heteroatoms. The summed E-state index contributed by atoms with van der Waals surface area (Å²) in [5.74, 6) is 0.813. The van der Waals surface area contributed by atoms with E-state index in [2.05, 4.69) is 20.3 Å². The van der Waals surface area contributed by atoms with Gasteiger partial charge in [0.05, 0.1) is 5.52 Å². The molecule has 0 atom stereocenters. The average Bonchev–Trinajstić information content (AvgIpc) is 3.46. The molecule has 1 aliphatic rings. The number of rotatable bonds is 5. The Hall–Kier alpha value is -3.27. The van der Waals surface area contributed by atoms with Crippen molar-refractivity contribution in [3.8, 4) is 6.07 Å². The van der Waals surface area contributed by atoms with Gasteiger partial charge in [0.15, 0.2) is 0 Å². The number of halogens is 1. The van der Waals surface area contributed by atoms with Crippen LogP contribution in [0, 0.1) is 17.1 Å². The summed E-state index contributed by atoms with van der Waals surface area (Å²) in [7, 11) is 0. The third kappa shape index (κ3) is 3.02. The number of fused-ring (bicyclic) bond motifs is 1. The van der Waals surface area contributed by atoms with E-state index in [1.165, 1.54) is 18.0 Å². The van der Waals surface area contributed by atoms with Gasteiger partial charge in [-0.15, -0.1) is 0 Å². The summed E-state index contributed by atoms with van der Waals surface area (Å²) in [4.78, 5) is 12.4. The van der Waals surface area contributed by atoms with Crippen molar-refractivity contribution in [1.82, 2.24) is 15.0 Å². The molecule has 0 amide bonds. The highest BCUT2D eigenvalue weighted by Gasteiger charge is 2.28. The number of hydrogen-bond acceptors (Lipinski definition) is 6. The number of nitrogen functional groups attached to an aromatic ring is 1. The maximum atomic E-state index is 13.7. The monoisotopic (exact) mass is 348 g/mol. The van der Waals surface area contributed by atoms with E-state index < -0.39 is 0 Å². The number of nitriles is 1. The van der Waals surface area contributed by atoms with Crippen LogP contribution >= 0.6 is 0 Å². The molecule has 1 fully saturated rings. The molecule has 0 bridgehead atoms. The Labute approximate surface area is 149 Å². The fourth-order valence-corrected chi connectivity index (χ4v) is 3.24. The van der Waals surface area contributed by atoms with Crippen LogP contribution in [0.2, 0.25) is 0 Å². The number of nitrogens with two attached hydrogens (primary N) is 1. The lowest BCUT2D eigenvalue weighted by Gasteiger charge is -2.13. The molecule has 0 saturated heterocycles. The fourth-order valence-electron chi connectivity index (χ4n) is 3.24. The molecule has 4 rings (SSSR count). The van der Waals surface area contributed by atoms with Gasteiger partial charge in [0.1, 0.15) is 35.4 Å². The highest BCUT2D eigenvalue weighted by atomic mass is 19.1. The van der Waals surface area contributed by atoms with Gasteiger partial charge in [-0.1, -0.05) is 0 Å². The van der Waals surface area contributed by atoms with E-state index in [-0.39, 0.29) is 17.2 Å². The molecule has 2 aromatic heterocycles. The van der Waals surface area contributed by atoms with Gasteiger partial charge in [-0.05, 0) is 54.5 Å². The first kappa shape index (κ1) is 16.2. The summed E-state index contributed by atoms with van der Waals surface area (Å²) in [6, 6.07) is 6.76. The highest BCUT2D eigenvalue weighted by molar-refractivity contribution is 5.84. The van der Waals surface area contributed by atoms with Crippen molar-refractivity contribution < 1.29 is 4.39 Å². The third-order valence-corrected chi connectivity index (χ3v) is 4.61. The molecule has 3 aromatic rings. The number of pyridine rings is 1. The van der Waals surface area contributed by atoms with Gasteiger partial charge in [0.2, 0.25) is 0 Å². The van der Waals surface area contributed by atoms with Crippen molar-refractivity contribution in [3.63, 3.8) is 0 Å². The normalized spacial score (nSPS) is 13.5. The van der Waals surface area contributed by atoms with Crippen LogP contribution in [-0.2, 0) is 6.42 Å². The van der Waals surface area contributed by atoms with E-state index in [1.807, 2.05) is 12.3 Å². The van der Waals surface area contributed by atoms with Gasteiger partial charge in [0, 0.05) is 18.1 Å². The van der Waals surface area contributed by atoms with Crippen LogP contribution in [-0.4, -0.2) is 21.5 Å². The zero-order valence-corrected chi connectivity index (χ0v) is 14.0. The number of aromatic nitrogens is 3. The topological polar surface area (TPSA) is 101 Å². The van der Waals surface area contributed by atoms with Crippen molar-refractivity contribution in [1.29, 1.82) is 5.26 Å². The Balaban J connectivity index is 1.59. The van der Waals surface area contributed by atoms with Crippen LogP contribution in [0.4, 0.5) is 16.0 Å². The first-order valence-electron chi connectivity index (χ1n) is 8.49. The molecule has 0 spiro atoms. The summed E-state index contributed by atoms with van der Waals surface area (Å²) in [6.45, 7) is 0.563. The molecule has 1 saturated carbocycles. The number of nitrogens with one attached hydrogen (secondary N) is 1. The molecule has 1 aromatic carbocycles. The molecule has 130 valence electrons. The van der Waals surface area contributed by atoms with Crippen LogP contribution in [0.15, 0.2) is 30.7 Å². The zero-order valence-electron chi connectivity index (χ0n) is 14.0. The number of nitrogens with zero attached hydrogens (tertiary/aromatic N) is 4. The second-order valence-electron chi connectivity index (χ2n) is 6.40. The van der Waals surface area contributed by atoms with Crippen LogP contribution in [0.5, 0.6) is 0 Å². The van der Waals surface area contributed by atoms with Gasteiger partial charge in [-0.25, -0.2) is 14.4 Å². The lowest BCUT2D eigenvalue weighted by molar-refractivity contribution is 0.629. The van der Waals surface area contributed by atoms with Gasteiger partial charge >= 0.3 is 0 Å². The van der Waals surface area contributed by atoms with E-state index in [1.54, 1.807) is 12.1 Å². The predicted molar refractivity (Wildman–Crippen MR) is 97.0 cm³/mol. The summed E-state index contributed by atoms with van der Waals surface area (Å²) >= 11 is 0. The van der Waals surface area contributed by atoms with Crippen molar-refractivity contribution in [2.24, 2.45) is 0 Å². The maximum Gasteiger partial charge on any atom is 0.149 e. The maximum absolute atomic E-state index is 13.7. The molecule has 0 radical (unpaired) electrons. The Morgan fingerprint density at radius 1 is 1.27 bits per heavy atom. The molecule has 0 unspecified atom stereocenters. The zero-order chi connectivity index (χ0) is 18.1. The van der Waals surface area contributed by atoms with Crippen LogP contribution in [0.1, 0.15) is 35.4 Å². The number of anilines is 2. The Morgan fingerprint density at radius 3 is 2.88 bits per heavy atom. The molecule has 2 heterocycles. The summed E-state index contributed by atoms with van der Waals surface area (Å²) in [5.41, 5.74) is 9.06. The summed E-state index contributed by atoms with van der Waals surface area (Å²) < 4.78 is 13.7. The quantitative estimate of drug-likeness (QED) is 0.734. The van der Waals surface area contributed by atoms with Crippen molar-refractivity contribution in [2.45, 2.75) is 25.2 Å². The average molecular weight is 348 g/mol. The van der Waals surface area contributed by atoms with Crippen LogP contribution < -0.4 is 11.1 Å². The Bertz CT molecular complexity index is 1020. The van der Waals surface area contributed by atoms with E-state index in [9.17, 15) is 9.65 Å². The Kier molecular flexibility index (Phi) is 4.09. The minimum Gasteiger partial charge on any atom is -0.382 e. The second kappa shape index (κ2) is 6.56. The molecule has 0 aliphatic heterocycles. The summed E-state index contributed by atoms with van der Waals surface area (Å²) in [6.07, 6.45) is 6.14. The first-order valence-corrected chi connectivity index (χ1v) is 8.49. The number of hydrogen-bond donors (Lipinski definition) is 2. The van der Waals surface area contributed by atoms with E-state index in [4.69, 9.17) is 5.73 Å². The SMILES string of the molecule is N#Cc1c(N)ncnc1NCCc1cnc2ccc(F)cc2c1C1CC1. The lowest BCUT2D eigenvalue weighted by Crippen LogP contribution is -2.11. The largest absolute Gasteiger partial charge is 0.382 e. The van der Waals surface area contributed by atoms with Crippen molar-refractivity contribution in [2.75, 3.05) is 17.6 Å². The van der Waals surface area contributed by atoms with E-state index >= 15 is 0 Å². The minimum absolute atomic E-state index is 0.159. The molecular formula is C19H17FN6. The van der Waals surface area contributed by atoms with Crippen LogP contribution in [0.25, 0.3) is 10.9 Å². The molecule has 3 N–H and O–H groups in total. The molecule has 26 heavy (non-hydrogen) atoms. The van der Waals surface area contributed by atoms with Crippen LogP contribution in [0.3, 0.4) is 0 Å². The third-order valence-electron chi connectivity index (χ3n) is 4.61. The van der Waals surface area contributed by atoms with Gasteiger partial charge in [0.25, 0.3) is 0 Å². The second-order valence-corrected chi connectivity index (χ2v) is 6.40. The fraction of sp³-hybridized carbons (Fsp3) is 0.263. The smallest absolute Gasteiger partial charge is 0.149 e. The van der Waals surface area contributed by atoms with E-state index in [0.29, 0.717) is 24.7 Å².